The van der Waals surface area contributed by atoms with Gasteiger partial charge in [0.15, 0.2) is 0 Å². The summed E-state index contributed by atoms with van der Waals surface area (Å²) in [6, 6.07) is 25.8. The fourth-order valence-corrected chi connectivity index (χ4v) is 4.02. The van der Waals surface area contributed by atoms with Crippen molar-refractivity contribution in [3.63, 3.8) is 0 Å². The van der Waals surface area contributed by atoms with E-state index in [0.29, 0.717) is 0 Å². The molecule has 1 N–H and O–H groups in total. The fourth-order valence-electron chi connectivity index (χ4n) is 4.02. The summed E-state index contributed by atoms with van der Waals surface area (Å²) in [5.74, 6) is -0.789. The summed E-state index contributed by atoms with van der Waals surface area (Å²) in [6.07, 6.45) is 0.281. The van der Waals surface area contributed by atoms with Crippen LogP contribution in [0.1, 0.15) is 23.6 Å². The normalized spacial score (nSPS) is 12.0. The van der Waals surface area contributed by atoms with E-state index in [2.05, 4.69) is 5.32 Å². The van der Waals surface area contributed by atoms with E-state index < -0.39 is 24.5 Å². The van der Waals surface area contributed by atoms with Crippen LogP contribution in [0.5, 0.6) is 0 Å². The zero-order chi connectivity index (χ0) is 24.6. The molecule has 0 fully saturated rings. The van der Waals surface area contributed by atoms with Crippen LogP contribution in [0.15, 0.2) is 84.9 Å². The summed E-state index contributed by atoms with van der Waals surface area (Å²) in [5, 5.41) is 2.95. The van der Waals surface area contributed by atoms with Gasteiger partial charge in [0.2, 0.25) is 5.91 Å². The van der Waals surface area contributed by atoms with Crippen molar-refractivity contribution >= 4 is 24.5 Å². The third-order valence-corrected chi connectivity index (χ3v) is 6.07. The zero-order valence-corrected chi connectivity index (χ0v) is 20.0. The van der Waals surface area contributed by atoms with Gasteiger partial charge >= 0.3 is 13.1 Å². The van der Waals surface area contributed by atoms with Crippen molar-refractivity contribution < 1.29 is 23.6 Å². The molecule has 176 valence electrons. The number of carbonyl (C=O) groups excluding carboxylic acids is 2. The predicted molar refractivity (Wildman–Crippen MR) is 133 cm³/mol. The van der Waals surface area contributed by atoms with Gasteiger partial charge in [-0.25, -0.2) is 4.79 Å². The Bertz CT molecular complexity index is 1030. The lowest BCUT2D eigenvalue weighted by atomic mass is 9.75. The molecule has 0 radical (unpaired) electrons. The Kier molecular flexibility index (Phi) is 8.63. The molecule has 0 bridgehead atoms. The predicted octanol–water partition coefficient (Wildman–Crippen LogP) is 2.88. The van der Waals surface area contributed by atoms with E-state index in [-0.39, 0.29) is 12.3 Å². The molecule has 0 saturated heterocycles. The monoisotopic (exact) mass is 459 g/mol. The number of ether oxygens (including phenoxy) is 1. The minimum Gasteiger partial charge on any atom is -0.467 e. The lowest BCUT2D eigenvalue weighted by Gasteiger charge is -2.31. The molecule has 1 atom stereocenters. The molecular weight excluding hydrogens is 429 g/mol. The third kappa shape index (κ3) is 5.55. The molecule has 0 heterocycles. The van der Waals surface area contributed by atoms with Gasteiger partial charge in [0.05, 0.1) is 12.5 Å². The molecule has 3 aromatic rings. The Labute approximate surface area is 201 Å². The third-order valence-electron chi connectivity index (χ3n) is 6.07. The highest BCUT2D eigenvalue weighted by Gasteiger charge is 2.39. The summed E-state index contributed by atoms with van der Waals surface area (Å²) in [5.41, 5.74) is 2.39. The SMILES string of the molecule is COB(OC)c1ccc(C[C@@H](NC(=O)C(C)(c2ccccc2)c2ccccc2)C(=O)OC)cc1. The highest BCUT2D eigenvalue weighted by Crippen LogP contribution is 2.32. The van der Waals surface area contributed by atoms with Crippen molar-refractivity contribution in [1.29, 1.82) is 0 Å². The van der Waals surface area contributed by atoms with E-state index in [1.54, 1.807) is 14.2 Å². The molecule has 0 aliphatic carbocycles. The summed E-state index contributed by atoms with van der Waals surface area (Å²) in [6.45, 7) is 1.87. The number of carbonyl (C=O) groups is 2. The summed E-state index contributed by atoms with van der Waals surface area (Å²) < 4.78 is 15.6. The molecule has 1 amide bonds. The highest BCUT2D eigenvalue weighted by molar-refractivity contribution is 6.61. The number of amides is 1. The average Bonchev–Trinajstić information content (AvgIpc) is 2.89. The van der Waals surface area contributed by atoms with Crippen LogP contribution in [0.3, 0.4) is 0 Å². The van der Waals surface area contributed by atoms with Crippen molar-refractivity contribution in [2.24, 2.45) is 0 Å². The zero-order valence-electron chi connectivity index (χ0n) is 20.0. The number of hydrogen-bond donors (Lipinski definition) is 1. The maximum Gasteiger partial charge on any atom is 0.493 e. The van der Waals surface area contributed by atoms with Crippen molar-refractivity contribution in [3.8, 4) is 0 Å². The molecule has 3 aromatic carbocycles. The molecule has 6 nitrogen and oxygen atoms in total. The van der Waals surface area contributed by atoms with Crippen molar-refractivity contribution in [2.45, 2.75) is 24.8 Å². The molecule has 0 aliphatic heterocycles. The largest absolute Gasteiger partial charge is 0.493 e. The Hall–Kier alpha value is -3.42. The van der Waals surface area contributed by atoms with Crippen LogP contribution >= 0.6 is 0 Å². The first-order valence-electron chi connectivity index (χ1n) is 11.1. The first-order valence-corrected chi connectivity index (χ1v) is 11.1. The van der Waals surface area contributed by atoms with Gasteiger partial charge in [-0.1, -0.05) is 84.9 Å². The summed E-state index contributed by atoms with van der Waals surface area (Å²) >= 11 is 0. The fraction of sp³-hybridized carbons (Fsp3) is 0.259. The Balaban J connectivity index is 1.89. The van der Waals surface area contributed by atoms with Crippen LogP contribution in [0.2, 0.25) is 0 Å². The Morgan fingerprint density at radius 3 is 1.76 bits per heavy atom. The average molecular weight is 459 g/mol. The maximum absolute atomic E-state index is 13.8. The number of rotatable bonds is 10. The van der Waals surface area contributed by atoms with E-state index in [9.17, 15) is 9.59 Å². The molecule has 0 unspecified atom stereocenters. The van der Waals surface area contributed by atoms with Crippen LogP contribution in [0, 0.1) is 0 Å². The Morgan fingerprint density at radius 1 is 0.824 bits per heavy atom. The Morgan fingerprint density at radius 2 is 1.32 bits per heavy atom. The van der Waals surface area contributed by atoms with Crippen LogP contribution in [0.4, 0.5) is 0 Å². The minimum absolute atomic E-state index is 0.281. The molecular formula is C27H30BNO5. The van der Waals surface area contributed by atoms with Crippen LogP contribution in [0.25, 0.3) is 0 Å². The van der Waals surface area contributed by atoms with Crippen molar-refractivity contribution in [2.75, 3.05) is 21.3 Å². The lowest BCUT2D eigenvalue weighted by Crippen LogP contribution is -2.51. The number of nitrogens with one attached hydrogen (secondary N) is 1. The number of methoxy groups -OCH3 is 1. The smallest absolute Gasteiger partial charge is 0.467 e. The second kappa shape index (κ2) is 11.6. The second-order valence-corrected chi connectivity index (χ2v) is 8.16. The number of benzene rings is 3. The minimum atomic E-state index is -0.997. The topological polar surface area (TPSA) is 73.9 Å². The van der Waals surface area contributed by atoms with Crippen molar-refractivity contribution in [1.82, 2.24) is 5.32 Å². The first kappa shape index (κ1) is 25.2. The molecule has 0 aliphatic rings. The summed E-state index contributed by atoms with van der Waals surface area (Å²) in [4.78, 5) is 26.4. The molecule has 0 saturated carbocycles. The van der Waals surface area contributed by atoms with E-state index in [0.717, 1.165) is 22.2 Å². The van der Waals surface area contributed by atoms with Crippen LogP contribution in [-0.4, -0.2) is 46.4 Å². The summed E-state index contributed by atoms with van der Waals surface area (Å²) in [7, 11) is 3.99. The molecule has 0 aromatic heterocycles. The van der Waals surface area contributed by atoms with Crippen LogP contribution < -0.4 is 10.8 Å². The van der Waals surface area contributed by atoms with E-state index in [1.165, 1.54) is 7.11 Å². The van der Waals surface area contributed by atoms with Gasteiger partial charge in [-0.2, -0.15) is 0 Å². The lowest BCUT2D eigenvalue weighted by molar-refractivity contribution is -0.145. The second-order valence-electron chi connectivity index (χ2n) is 8.16. The van der Waals surface area contributed by atoms with Gasteiger partial charge in [-0.3, -0.25) is 4.79 Å². The van der Waals surface area contributed by atoms with Gasteiger partial charge in [-0.05, 0) is 29.1 Å². The van der Waals surface area contributed by atoms with Gasteiger partial charge < -0.3 is 19.4 Å². The number of hydrogen-bond acceptors (Lipinski definition) is 5. The molecule has 7 heteroatoms. The van der Waals surface area contributed by atoms with E-state index in [4.69, 9.17) is 14.0 Å². The standard InChI is InChI=1S/C27H30BNO5/c1-27(21-11-7-5-8-12-21,22-13-9-6-10-14-22)26(31)29-24(25(30)32-2)19-20-15-17-23(18-16-20)28(33-3)34-4/h5-18,24H,19H2,1-4H3,(H,29,31)/t24-/m1/s1. The van der Waals surface area contributed by atoms with Gasteiger partial charge in [0.1, 0.15) is 6.04 Å². The van der Waals surface area contributed by atoms with Crippen molar-refractivity contribution in [3.05, 3.63) is 102 Å². The van der Waals surface area contributed by atoms with Gasteiger partial charge in [0, 0.05) is 20.6 Å². The van der Waals surface area contributed by atoms with E-state index >= 15 is 0 Å². The highest BCUT2D eigenvalue weighted by atomic mass is 16.6. The maximum atomic E-state index is 13.8. The molecule has 3 rings (SSSR count). The van der Waals surface area contributed by atoms with E-state index in [1.807, 2.05) is 91.9 Å². The molecule has 0 spiro atoms. The van der Waals surface area contributed by atoms with Gasteiger partial charge in [0.25, 0.3) is 0 Å². The molecule has 34 heavy (non-hydrogen) atoms. The quantitative estimate of drug-likeness (QED) is 0.373. The van der Waals surface area contributed by atoms with Gasteiger partial charge in [-0.15, -0.1) is 0 Å². The number of esters is 1. The first-order chi connectivity index (χ1) is 16.4. The van der Waals surface area contributed by atoms with Crippen LogP contribution in [-0.2, 0) is 35.5 Å².